The Balaban J connectivity index is 2.47. The number of ether oxygens (including phenoxy) is 1. The normalized spacial score (nSPS) is 12.8. The van der Waals surface area contributed by atoms with Gasteiger partial charge in [-0.3, -0.25) is 9.59 Å². The molecule has 0 aromatic heterocycles. The van der Waals surface area contributed by atoms with Crippen molar-refractivity contribution in [2.24, 2.45) is 0 Å². The third-order valence-electron chi connectivity index (χ3n) is 5.60. The van der Waals surface area contributed by atoms with Gasteiger partial charge in [-0.15, -0.1) is 0 Å². The molecule has 2 atom stereocenters. The Bertz CT molecular complexity index is 1080. The largest absolute Gasteiger partial charge is 0.444 e. The molecule has 0 heterocycles. The van der Waals surface area contributed by atoms with Gasteiger partial charge in [0, 0.05) is 12.2 Å². The first-order valence-corrected chi connectivity index (χ1v) is 12.3. The van der Waals surface area contributed by atoms with Gasteiger partial charge in [-0.05, 0) is 76.3 Å². The van der Waals surface area contributed by atoms with Crippen LogP contribution in [0.3, 0.4) is 0 Å². The van der Waals surface area contributed by atoms with Crippen LogP contribution in [0, 0.1) is 13.8 Å². The van der Waals surface area contributed by atoms with Gasteiger partial charge in [0.1, 0.15) is 17.7 Å². The first-order valence-electron chi connectivity index (χ1n) is 12.3. The van der Waals surface area contributed by atoms with Crippen molar-refractivity contribution in [3.05, 3.63) is 71.3 Å². The van der Waals surface area contributed by atoms with Crippen LogP contribution in [0.5, 0.6) is 0 Å². The van der Waals surface area contributed by atoms with Gasteiger partial charge < -0.3 is 20.3 Å². The number of alkyl carbamates (subject to hydrolysis) is 1. The number of carbonyl (C=O) groups excluding carboxylic acids is 3. The second kappa shape index (κ2) is 12.4. The van der Waals surface area contributed by atoms with E-state index in [1.165, 1.54) is 4.90 Å². The zero-order valence-electron chi connectivity index (χ0n) is 22.5. The highest BCUT2D eigenvalue weighted by atomic mass is 16.6. The summed E-state index contributed by atoms with van der Waals surface area (Å²) in [6.07, 6.45) is 1.63. The van der Waals surface area contributed by atoms with E-state index >= 15 is 0 Å². The molecule has 0 spiro atoms. The molecule has 0 saturated heterocycles. The van der Waals surface area contributed by atoms with Crippen LogP contribution in [0.1, 0.15) is 69.3 Å². The number of aryl methyl sites for hydroxylation is 2. The van der Waals surface area contributed by atoms with Crippen molar-refractivity contribution in [3.63, 3.8) is 0 Å². The number of benzene rings is 2. The lowest BCUT2D eigenvalue weighted by Crippen LogP contribution is -2.51. The van der Waals surface area contributed by atoms with E-state index in [9.17, 15) is 14.4 Å². The smallest absolute Gasteiger partial charge is 0.408 e. The molecule has 3 amide bonds. The Labute approximate surface area is 214 Å². The van der Waals surface area contributed by atoms with Gasteiger partial charge in [0.15, 0.2) is 0 Å². The SMILES string of the molecule is C=Cc1cccc(C(C(=O)Nc2c(C)cccc2C)N(CCC)C(=O)C(C)NC(=O)OC(C)(C)C)c1. The molecule has 7 nitrogen and oxygen atoms in total. The maximum absolute atomic E-state index is 13.8. The molecule has 2 aromatic rings. The molecule has 0 radical (unpaired) electrons. The molecular weight excluding hydrogens is 454 g/mol. The zero-order chi connectivity index (χ0) is 27.0. The Morgan fingerprint density at radius 1 is 1.08 bits per heavy atom. The highest BCUT2D eigenvalue weighted by molar-refractivity contribution is 5.99. The summed E-state index contributed by atoms with van der Waals surface area (Å²) in [4.78, 5) is 41.3. The number of nitrogens with zero attached hydrogens (tertiary/aromatic N) is 1. The fourth-order valence-electron chi connectivity index (χ4n) is 3.93. The first-order chi connectivity index (χ1) is 16.9. The maximum Gasteiger partial charge on any atom is 0.408 e. The van der Waals surface area contributed by atoms with Crippen molar-refractivity contribution in [2.45, 2.75) is 72.6 Å². The van der Waals surface area contributed by atoms with Crippen molar-refractivity contribution in [1.82, 2.24) is 10.2 Å². The van der Waals surface area contributed by atoms with E-state index in [1.807, 2.05) is 63.2 Å². The number of hydrogen-bond acceptors (Lipinski definition) is 4. The highest BCUT2D eigenvalue weighted by Gasteiger charge is 2.34. The highest BCUT2D eigenvalue weighted by Crippen LogP contribution is 2.28. The van der Waals surface area contributed by atoms with Crippen molar-refractivity contribution in [1.29, 1.82) is 0 Å². The van der Waals surface area contributed by atoms with Crippen LogP contribution in [0.15, 0.2) is 49.0 Å². The number of rotatable bonds is 9. The Hall–Kier alpha value is -3.61. The minimum absolute atomic E-state index is 0.322. The Morgan fingerprint density at radius 2 is 1.69 bits per heavy atom. The summed E-state index contributed by atoms with van der Waals surface area (Å²) in [5, 5.41) is 5.66. The second-order valence-corrected chi connectivity index (χ2v) is 9.93. The van der Waals surface area contributed by atoms with Gasteiger partial charge in [-0.25, -0.2) is 4.79 Å². The molecule has 0 saturated carbocycles. The van der Waals surface area contributed by atoms with Crippen molar-refractivity contribution < 1.29 is 19.1 Å². The zero-order valence-corrected chi connectivity index (χ0v) is 22.5. The molecule has 0 bridgehead atoms. The monoisotopic (exact) mass is 493 g/mol. The van der Waals surface area contributed by atoms with Crippen molar-refractivity contribution in [2.75, 3.05) is 11.9 Å². The average molecular weight is 494 g/mol. The number of hydrogen-bond donors (Lipinski definition) is 2. The van der Waals surface area contributed by atoms with Crippen LogP contribution >= 0.6 is 0 Å². The van der Waals surface area contributed by atoms with Crippen molar-refractivity contribution in [3.8, 4) is 0 Å². The quantitative estimate of drug-likeness (QED) is 0.464. The standard InChI is InChI=1S/C29H39N3O4/c1-9-17-32(27(34)21(5)30-28(35)36-29(6,7)8)25(23-16-12-15-22(10-2)18-23)26(33)31-24-19(3)13-11-14-20(24)4/h10-16,18,21,25H,2,9,17H2,1,3-8H3,(H,30,35)(H,31,33). The minimum Gasteiger partial charge on any atom is -0.444 e. The molecule has 0 aliphatic heterocycles. The van der Waals surface area contributed by atoms with Gasteiger partial charge in [0.2, 0.25) is 5.91 Å². The van der Waals surface area contributed by atoms with E-state index in [0.717, 1.165) is 22.4 Å². The van der Waals surface area contributed by atoms with Gasteiger partial charge in [0.25, 0.3) is 5.91 Å². The number of amides is 3. The third-order valence-corrected chi connectivity index (χ3v) is 5.60. The molecule has 0 fully saturated rings. The van der Waals surface area contributed by atoms with E-state index in [1.54, 1.807) is 33.8 Å². The fourth-order valence-corrected chi connectivity index (χ4v) is 3.93. The van der Waals surface area contributed by atoms with Crippen LogP contribution in [-0.2, 0) is 14.3 Å². The third kappa shape index (κ3) is 7.70. The van der Waals surface area contributed by atoms with Crippen LogP contribution < -0.4 is 10.6 Å². The van der Waals surface area contributed by atoms with Crippen LogP contribution in [0.4, 0.5) is 10.5 Å². The van der Waals surface area contributed by atoms with Gasteiger partial charge in [-0.2, -0.15) is 0 Å². The first kappa shape index (κ1) is 28.6. The molecule has 2 N–H and O–H groups in total. The summed E-state index contributed by atoms with van der Waals surface area (Å²) in [5.74, 6) is -0.715. The number of para-hydroxylation sites is 1. The van der Waals surface area contributed by atoms with Crippen molar-refractivity contribution >= 4 is 29.7 Å². The lowest BCUT2D eigenvalue weighted by Gasteiger charge is -2.34. The summed E-state index contributed by atoms with van der Waals surface area (Å²) in [6, 6.07) is 11.4. The predicted molar refractivity (Wildman–Crippen MR) is 145 cm³/mol. The molecular formula is C29H39N3O4. The maximum atomic E-state index is 13.8. The van der Waals surface area contributed by atoms with Gasteiger partial charge in [0.05, 0.1) is 0 Å². The molecule has 0 aliphatic carbocycles. The predicted octanol–water partition coefficient (Wildman–Crippen LogP) is 5.78. The number of nitrogens with one attached hydrogen (secondary N) is 2. The minimum atomic E-state index is -0.917. The van der Waals surface area contributed by atoms with Crippen LogP contribution in [-0.4, -0.2) is 41.0 Å². The topological polar surface area (TPSA) is 87.7 Å². The Kier molecular flexibility index (Phi) is 9.84. The van der Waals surface area contributed by atoms with Gasteiger partial charge >= 0.3 is 6.09 Å². The summed E-state index contributed by atoms with van der Waals surface area (Å²) < 4.78 is 5.32. The van der Waals surface area contributed by atoms with E-state index in [4.69, 9.17) is 4.74 Å². The summed E-state index contributed by atoms with van der Waals surface area (Å²) in [5.41, 5.74) is 3.36. The molecule has 36 heavy (non-hydrogen) atoms. The fraction of sp³-hybridized carbons (Fsp3) is 0.414. The molecule has 194 valence electrons. The summed E-state index contributed by atoms with van der Waals surface area (Å²) in [6.45, 7) is 16.8. The lowest BCUT2D eigenvalue weighted by atomic mass is 9.99. The Morgan fingerprint density at radius 3 is 2.25 bits per heavy atom. The molecule has 2 rings (SSSR count). The van der Waals surface area contributed by atoms with E-state index in [0.29, 0.717) is 18.5 Å². The van der Waals surface area contributed by atoms with E-state index in [2.05, 4.69) is 17.2 Å². The van der Waals surface area contributed by atoms with Gasteiger partial charge in [-0.1, -0.05) is 56.0 Å². The number of anilines is 1. The lowest BCUT2D eigenvalue weighted by molar-refractivity contribution is -0.140. The molecule has 0 aliphatic rings. The van der Waals surface area contributed by atoms with Crippen LogP contribution in [0.2, 0.25) is 0 Å². The van der Waals surface area contributed by atoms with E-state index in [-0.39, 0.29) is 11.8 Å². The van der Waals surface area contributed by atoms with E-state index < -0.39 is 23.8 Å². The molecule has 7 heteroatoms. The molecule has 2 unspecified atom stereocenters. The number of carbonyl (C=O) groups is 3. The summed E-state index contributed by atoms with van der Waals surface area (Å²) in [7, 11) is 0. The van der Waals surface area contributed by atoms with Crippen LogP contribution in [0.25, 0.3) is 6.08 Å². The molecule has 2 aromatic carbocycles. The average Bonchev–Trinajstić information content (AvgIpc) is 2.79. The second-order valence-electron chi connectivity index (χ2n) is 9.93. The summed E-state index contributed by atoms with van der Waals surface area (Å²) >= 11 is 0.